The summed E-state index contributed by atoms with van der Waals surface area (Å²) in [6.07, 6.45) is 6.45. The van der Waals surface area contributed by atoms with Gasteiger partial charge in [-0.2, -0.15) is 0 Å². The third-order valence-electron chi connectivity index (χ3n) is 5.76. The zero-order valence-corrected chi connectivity index (χ0v) is 22.0. The van der Waals surface area contributed by atoms with E-state index in [1.54, 1.807) is 29.2 Å². The van der Waals surface area contributed by atoms with E-state index in [0.717, 1.165) is 19.3 Å². The van der Waals surface area contributed by atoms with Gasteiger partial charge in [-0.1, -0.05) is 46.5 Å². The molecule has 2 rings (SSSR count). The number of nitrogens with zero attached hydrogens (tertiary/aromatic N) is 1. The van der Waals surface area contributed by atoms with Crippen LogP contribution in [0.25, 0.3) is 0 Å². The van der Waals surface area contributed by atoms with Gasteiger partial charge in [-0.25, -0.2) is 0 Å². The lowest BCUT2D eigenvalue weighted by atomic mass is 10.1. The second-order valence-electron chi connectivity index (χ2n) is 9.15. The van der Waals surface area contributed by atoms with Crippen molar-refractivity contribution < 1.29 is 23.9 Å². The van der Waals surface area contributed by atoms with Crippen molar-refractivity contribution in [3.05, 3.63) is 29.8 Å². The monoisotopic (exact) mass is 505 g/mol. The van der Waals surface area contributed by atoms with Gasteiger partial charge in [0.25, 0.3) is 5.91 Å². The fourth-order valence-electron chi connectivity index (χ4n) is 3.63. The number of hydrogen-bond donors (Lipinski definition) is 2. The normalized spacial score (nSPS) is 15.5. The van der Waals surface area contributed by atoms with E-state index in [2.05, 4.69) is 17.6 Å². The van der Waals surface area contributed by atoms with Crippen LogP contribution in [0.1, 0.15) is 76.1 Å². The number of amides is 2. The van der Waals surface area contributed by atoms with E-state index < -0.39 is 12.0 Å². The van der Waals surface area contributed by atoms with Crippen LogP contribution in [0.15, 0.2) is 24.3 Å². The van der Waals surface area contributed by atoms with Crippen molar-refractivity contribution in [3.63, 3.8) is 0 Å². The van der Waals surface area contributed by atoms with E-state index in [9.17, 15) is 14.4 Å². The number of piperazine rings is 1. The number of benzene rings is 1. The summed E-state index contributed by atoms with van der Waals surface area (Å²) in [5.41, 5.74) is 0.425. The highest BCUT2D eigenvalue weighted by molar-refractivity contribution is 7.80. The van der Waals surface area contributed by atoms with E-state index >= 15 is 0 Å². The summed E-state index contributed by atoms with van der Waals surface area (Å²) >= 11 is 5.42. The molecule has 2 amide bonds. The van der Waals surface area contributed by atoms with E-state index in [4.69, 9.17) is 21.7 Å². The molecule has 0 aliphatic carbocycles. The molecule has 1 saturated heterocycles. The first kappa shape index (κ1) is 28.6. The highest BCUT2D eigenvalue weighted by Crippen LogP contribution is 2.15. The van der Waals surface area contributed by atoms with E-state index in [0.29, 0.717) is 43.5 Å². The van der Waals surface area contributed by atoms with Crippen molar-refractivity contribution in [2.75, 3.05) is 26.3 Å². The van der Waals surface area contributed by atoms with Gasteiger partial charge >= 0.3 is 5.97 Å². The molecule has 1 aromatic rings. The van der Waals surface area contributed by atoms with Crippen LogP contribution in [0.3, 0.4) is 0 Å². The predicted molar refractivity (Wildman–Crippen MR) is 139 cm³/mol. The number of rotatable bonds is 13. The summed E-state index contributed by atoms with van der Waals surface area (Å²) < 4.78 is 11.0. The molecule has 1 aliphatic heterocycles. The molecule has 0 radical (unpaired) electrons. The Balaban J connectivity index is 1.86. The first-order chi connectivity index (χ1) is 16.8. The molecule has 9 heteroatoms. The van der Waals surface area contributed by atoms with Crippen molar-refractivity contribution in [1.29, 1.82) is 0 Å². The third-order valence-corrected chi connectivity index (χ3v) is 6.10. The fourth-order valence-corrected chi connectivity index (χ4v) is 3.94. The zero-order chi connectivity index (χ0) is 25.6. The SMILES string of the molecule is CCCCCCCOc1ccc(C(=O)NC(=S)N2CCNC(=O)C2CC(=O)OCCC(C)C)cc1. The number of nitrogens with one attached hydrogen (secondary N) is 2. The van der Waals surface area contributed by atoms with Gasteiger partial charge in [0.1, 0.15) is 11.8 Å². The van der Waals surface area contributed by atoms with Gasteiger partial charge < -0.3 is 19.7 Å². The Morgan fingerprint density at radius 3 is 2.54 bits per heavy atom. The number of hydrogen-bond acceptors (Lipinski definition) is 6. The molecule has 1 unspecified atom stereocenters. The number of carbonyl (C=O) groups excluding carboxylic acids is 3. The third kappa shape index (κ3) is 10.2. The molecule has 0 spiro atoms. The Morgan fingerprint density at radius 2 is 1.86 bits per heavy atom. The second kappa shape index (κ2) is 15.3. The smallest absolute Gasteiger partial charge is 0.308 e. The Morgan fingerprint density at radius 1 is 1.14 bits per heavy atom. The molecule has 0 saturated carbocycles. The van der Waals surface area contributed by atoms with Crippen molar-refractivity contribution in [3.8, 4) is 5.75 Å². The number of carbonyl (C=O) groups is 3. The Hall–Kier alpha value is -2.68. The summed E-state index contributed by atoms with van der Waals surface area (Å²) in [5, 5.41) is 5.54. The molecule has 1 fully saturated rings. The van der Waals surface area contributed by atoms with Crippen molar-refractivity contribution >= 4 is 35.1 Å². The van der Waals surface area contributed by atoms with Crippen LogP contribution in [-0.4, -0.2) is 60.1 Å². The minimum atomic E-state index is -0.823. The van der Waals surface area contributed by atoms with Gasteiger partial charge in [0.2, 0.25) is 5.91 Å². The molecule has 1 aliphatic rings. The Labute approximate surface area is 214 Å². The minimum Gasteiger partial charge on any atom is -0.494 e. The predicted octanol–water partition coefficient (Wildman–Crippen LogP) is 3.83. The summed E-state index contributed by atoms with van der Waals surface area (Å²) in [6, 6.07) is 6.05. The Bertz CT molecular complexity index is 844. The van der Waals surface area contributed by atoms with Gasteiger partial charge in [0.05, 0.1) is 19.6 Å². The summed E-state index contributed by atoms with van der Waals surface area (Å²) in [4.78, 5) is 39.0. The van der Waals surface area contributed by atoms with Gasteiger partial charge in [-0.05, 0) is 55.2 Å². The maximum atomic E-state index is 12.7. The summed E-state index contributed by atoms with van der Waals surface area (Å²) in [5.74, 6) is -0.0393. The van der Waals surface area contributed by atoms with Crippen LogP contribution in [0.4, 0.5) is 0 Å². The van der Waals surface area contributed by atoms with Gasteiger partial charge in [0, 0.05) is 18.7 Å². The molecular formula is C26H39N3O5S. The molecule has 1 heterocycles. The molecule has 1 atom stereocenters. The first-order valence-corrected chi connectivity index (χ1v) is 13.0. The van der Waals surface area contributed by atoms with E-state index in [1.165, 1.54) is 19.3 Å². The van der Waals surface area contributed by atoms with Crippen LogP contribution < -0.4 is 15.4 Å². The van der Waals surface area contributed by atoms with Gasteiger partial charge in [-0.15, -0.1) is 0 Å². The largest absolute Gasteiger partial charge is 0.494 e. The van der Waals surface area contributed by atoms with Crippen molar-refractivity contribution in [1.82, 2.24) is 15.5 Å². The summed E-state index contributed by atoms with van der Waals surface area (Å²) in [7, 11) is 0. The van der Waals surface area contributed by atoms with E-state index in [1.807, 2.05) is 13.8 Å². The molecule has 194 valence electrons. The van der Waals surface area contributed by atoms with Crippen LogP contribution >= 0.6 is 12.2 Å². The fraction of sp³-hybridized carbons (Fsp3) is 0.615. The molecular weight excluding hydrogens is 466 g/mol. The lowest BCUT2D eigenvalue weighted by molar-refractivity contribution is -0.147. The van der Waals surface area contributed by atoms with Crippen molar-refractivity contribution in [2.45, 2.75) is 71.8 Å². The highest BCUT2D eigenvalue weighted by atomic mass is 32.1. The van der Waals surface area contributed by atoms with Gasteiger partial charge in [-0.3, -0.25) is 19.7 Å². The van der Waals surface area contributed by atoms with Crippen molar-refractivity contribution in [2.24, 2.45) is 5.92 Å². The molecule has 0 bridgehead atoms. The van der Waals surface area contributed by atoms with Crippen LogP contribution in [0.5, 0.6) is 5.75 Å². The topological polar surface area (TPSA) is 97.0 Å². The number of thiocarbonyl (C=S) groups is 1. The standard InChI is InChI=1S/C26H39N3O5S/c1-4-5-6-7-8-16-33-21-11-9-20(10-12-21)24(31)28-26(35)29-15-14-27-25(32)22(29)18-23(30)34-17-13-19(2)3/h9-12,19,22H,4-8,13-18H2,1-3H3,(H,27,32)(H,28,31,35). The molecule has 8 nitrogen and oxygen atoms in total. The second-order valence-corrected chi connectivity index (χ2v) is 9.54. The molecule has 1 aromatic carbocycles. The van der Waals surface area contributed by atoms with Gasteiger partial charge in [0.15, 0.2) is 5.11 Å². The molecule has 35 heavy (non-hydrogen) atoms. The van der Waals surface area contributed by atoms with Crippen LogP contribution in [0, 0.1) is 5.92 Å². The Kier molecular flexibility index (Phi) is 12.5. The van der Waals surface area contributed by atoms with E-state index in [-0.39, 0.29) is 23.3 Å². The highest BCUT2D eigenvalue weighted by Gasteiger charge is 2.34. The number of ether oxygens (including phenoxy) is 2. The summed E-state index contributed by atoms with van der Waals surface area (Å²) in [6.45, 7) is 8.00. The maximum absolute atomic E-state index is 12.7. The molecule has 2 N–H and O–H groups in total. The number of esters is 1. The zero-order valence-electron chi connectivity index (χ0n) is 21.1. The number of unbranched alkanes of at least 4 members (excludes halogenated alkanes) is 4. The average Bonchev–Trinajstić information content (AvgIpc) is 2.82. The minimum absolute atomic E-state index is 0.109. The lowest BCUT2D eigenvalue weighted by Crippen LogP contribution is -2.60. The quantitative estimate of drug-likeness (QED) is 0.239. The lowest BCUT2D eigenvalue weighted by Gasteiger charge is -2.36. The van der Waals surface area contributed by atoms with Crippen LogP contribution in [-0.2, 0) is 14.3 Å². The first-order valence-electron chi connectivity index (χ1n) is 12.6. The maximum Gasteiger partial charge on any atom is 0.308 e. The van der Waals surface area contributed by atoms with Crippen LogP contribution in [0.2, 0.25) is 0 Å². The molecule has 0 aromatic heterocycles. The average molecular weight is 506 g/mol.